The molecule has 20 heavy (non-hydrogen) atoms. The summed E-state index contributed by atoms with van der Waals surface area (Å²) in [6.45, 7) is 0.188. The molecule has 0 aromatic heterocycles. The van der Waals surface area contributed by atoms with Crippen LogP contribution in [0.2, 0.25) is 5.02 Å². The van der Waals surface area contributed by atoms with Gasteiger partial charge in [-0.3, -0.25) is 14.4 Å². The molecule has 0 atom stereocenters. The Hall–Kier alpha value is -1.59. The van der Waals surface area contributed by atoms with E-state index < -0.39 is 11.4 Å². The van der Waals surface area contributed by atoms with Crippen molar-refractivity contribution < 1.29 is 19.2 Å². The number of hydrogen-bond acceptors (Lipinski definition) is 4. The van der Waals surface area contributed by atoms with Crippen LogP contribution in [0.3, 0.4) is 0 Å². The van der Waals surface area contributed by atoms with Gasteiger partial charge in [0, 0.05) is 5.02 Å². The van der Waals surface area contributed by atoms with Crippen molar-refractivity contribution in [2.45, 2.75) is 19.4 Å². The van der Waals surface area contributed by atoms with E-state index in [-0.39, 0.29) is 12.5 Å². The fourth-order valence-corrected chi connectivity index (χ4v) is 2.26. The van der Waals surface area contributed by atoms with Crippen LogP contribution >= 0.6 is 11.6 Å². The molecule has 0 aliphatic heterocycles. The Bertz CT molecular complexity index is 528. The van der Waals surface area contributed by atoms with Crippen molar-refractivity contribution in [3.63, 3.8) is 0 Å². The second-order valence-electron chi connectivity index (χ2n) is 4.69. The number of halogens is 1. The normalized spacial score (nSPS) is 15.6. The van der Waals surface area contributed by atoms with Gasteiger partial charge in [0.2, 0.25) is 0 Å². The summed E-state index contributed by atoms with van der Waals surface area (Å²) < 4.78 is 4.70. The fourth-order valence-electron chi connectivity index (χ4n) is 2.06. The van der Waals surface area contributed by atoms with E-state index in [1.165, 1.54) is 14.2 Å². The Kier molecular flexibility index (Phi) is 4.30. The van der Waals surface area contributed by atoms with E-state index in [0.29, 0.717) is 17.9 Å². The average Bonchev–Trinajstić information content (AvgIpc) is 3.26. The Morgan fingerprint density at radius 3 is 2.45 bits per heavy atom. The van der Waals surface area contributed by atoms with Gasteiger partial charge in [-0.2, -0.15) is 0 Å². The zero-order chi connectivity index (χ0) is 14.8. The Morgan fingerprint density at radius 1 is 1.30 bits per heavy atom. The first-order valence-corrected chi connectivity index (χ1v) is 6.61. The summed E-state index contributed by atoms with van der Waals surface area (Å²) >= 11 is 6.06. The summed E-state index contributed by atoms with van der Waals surface area (Å²) in [5.41, 5.74) is -0.323. The first kappa shape index (κ1) is 14.8. The van der Waals surface area contributed by atoms with E-state index in [2.05, 4.69) is 0 Å². The molecule has 5 nitrogen and oxygen atoms in total. The average molecular weight is 298 g/mol. The maximum atomic E-state index is 12.4. The lowest BCUT2D eigenvalue weighted by Gasteiger charge is -2.24. The van der Waals surface area contributed by atoms with Gasteiger partial charge in [-0.25, -0.2) is 5.06 Å². The Labute approximate surface area is 122 Å². The van der Waals surface area contributed by atoms with E-state index in [9.17, 15) is 9.59 Å². The molecule has 6 heteroatoms. The minimum atomic E-state index is -1.08. The zero-order valence-corrected chi connectivity index (χ0v) is 12.1. The molecule has 0 N–H and O–H groups in total. The van der Waals surface area contributed by atoms with Gasteiger partial charge >= 0.3 is 5.97 Å². The number of carbonyl (C=O) groups excluding carboxylic acids is 2. The van der Waals surface area contributed by atoms with Gasteiger partial charge in [-0.1, -0.05) is 29.8 Å². The lowest BCUT2D eigenvalue weighted by molar-refractivity contribution is -0.189. The largest absolute Gasteiger partial charge is 0.468 e. The quantitative estimate of drug-likeness (QED) is 0.475. The van der Waals surface area contributed by atoms with Crippen LogP contribution in [0.4, 0.5) is 0 Å². The molecule has 0 heterocycles. The standard InChI is InChI=1S/C14H16ClNO4/c1-19-13(18)14(7-8-14)12(17)16(20-2)9-10-5-3-4-6-11(10)15/h3-6H,7-9H2,1-2H3. The summed E-state index contributed by atoms with van der Waals surface area (Å²) in [6.07, 6.45) is 0.974. The van der Waals surface area contributed by atoms with Gasteiger partial charge in [-0.05, 0) is 24.5 Å². The molecule has 1 aromatic rings. The van der Waals surface area contributed by atoms with Crippen molar-refractivity contribution >= 4 is 23.5 Å². The van der Waals surface area contributed by atoms with Crippen LogP contribution in [0.25, 0.3) is 0 Å². The Morgan fingerprint density at radius 2 is 1.95 bits per heavy atom. The third-order valence-corrected chi connectivity index (χ3v) is 3.82. The van der Waals surface area contributed by atoms with Crippen molar-refractivity contribution in [3.8, 4) is 0 Å². The number of carbonyl (C=O) groups is 2. The van der Waals surface area contributed by atoms with Gasteiger partial charge < -0.3 is 4.74 Å². The molecule has 108 valence electrons. The van der Waals surface area contributed by atoms with Crippen LogP contribution in [0, 0.1) is 5.41 Å². The first-order chi connectivity index (χ1) is 9.55. The van der Waals surface area contributed by atoms with Gasteiger partial charge in [-0.15, -0.1) is 0 Å². The first-order valence-electron chi connectivity index (χ1n) is 6.23. The lowest BCUT2D eigenvalue weighted by atomic mass is 10.1. The predicted octanol–water partition coefficient (Wildman–Crippen LogP) is 2.18. The number of methoxy groups -OCH3 is 1. The zero-order valence-electron chi connectivity index (χ0n) is 11.4. The van der Waals surface area contributed by atoms with Crippen molar-refractivity contribution in [2.75, 3.05) is 14.2 Å². The van der Waals surface area contributed by atoms with E-state index >= 15 is 0 Å². The highest BCUT2D eigenvalue weighted by atomic mass is 35.5. The van der Waals surface area contributed by atoms with Crippen molar-refractivity contribution in [3.05, 3.63) is 34.9 Å². The van der Waals surface area contributed by atoms with E-state index in [1.54, 1.807) is 12.1 Å². The molecule has 1 amide bonds. The fraction of sp³-hybridized carbons (Fsp3) is 0.429. The molecule has 1 fully saturated rings. The number of esters is 1. The summed E-state index contributed by atoms with van der Waals surface area (Å²) in [5.74, 6) is -0.893. The number of nitrogens with zero attached hydrogens (tertiary/aromatic N) is 1. The molecule has 1 saturated carbocycles. The van der Waals surface area contributed by atoms with E-state index in [0.717, 1.165) is 10.6 Å². The van der Waals surface area contributed by atoms with Crippen LogP contribution < -0.4 is 0 Å². The van der Waals surface area contributed by atoms with E-state index in [1.807, 2.05) is 12.1 Å². The second kappa shape index (κ2) is 5.81. The number of rotatable bonds is 5. The molecule has 1 aliphatic rings. The van der Waals surface area contributed by atoms with Crippen LogP contribution in [-0.4, -0.2) is 31.2 Å². The maximum absolute atomic E-state index is 12.4. The minimum Gasteiger partial charge on any atom is -0.468 e. The Balaban J connectivity index is 2.15. The molecule has 0 saturated heterocycles. The van der Waals surface area contributed by atoms with Crippen molar-refractivity contribution in [2.24, 2.45) is 5.41 Å². The maximum Gasteiger partial charge on any atom is 0.321 e. The molecule has 2 rings (SSSR count). The van der Waals surface area contributed by atoms with Gasteiger partial charge in [0.25, 0.3) is 5.91 Å². The second-order valence-corrected chi connectivity index (χ2v) is 5.10. The summed E-state index contributed by atoms with van der Waals surface area (Å²) in [6, 6.07) is 7.18. The molecule has 0 unspecified atom stereocenters. The van der Waals surface area contributed by atoms with Crippen LogP contribution in [0.1, 0.15) is 18.4 Å². The third-order valence-electron chi connectivity index (χ3n) is 3.45. The highest BCUT2D eigenvalue weighted by Crippen LogP contribution is 2.48. The number of amides is 1. The molecule has 0 bridgehead atoms. The van der Waals surface area contributed by atoms with E-state index in [4.69, 9.17) is 21.2 Å². The van der Waals surface area contributed by atoms with Gasteiger partial charge in [0.15, 0.2) is 0 Å². The molecule has 0 spiro atoms. The monoisotopic (exact) mass is 297 g/mol. The topological polar surface area (TPSA) is 55.8 Å². The molecule has 0 radical (unpaired) electrons. The third kappa shape index (κ3) is 2.64. The van der Waals surface area contributed by atoms with Crippen LogP contribution in [-0.2, 0) is 25.7 Å². The number of hydroxylamine groups is 2. The van der Waals surface area contributed by atoms with Gasteiger partial charge in [0.1, 0.15) is 5.41 Å². The highest BCUT2D eigenvalue weighted by Gasteiger charge is 2.59. The molecular formula is C14H16ClNO4. The van der Waals surface area contributed by atoms with Crippen LogP contribution in [0.15, 0.2) is 24.3 Å². The highest BCUT2D eigenvalue weighted by molar-refractivity contribution is 6.31. The number of benzene rings is 1. The SMILES string of the molecule is COC(=O)C1(C(=O)N(Cc2ccccc2Cl)OC)CC1. The molecular weight excluding hydrogens is 282 g/mol. The summed E-state index contributed by atoms with van der Waals surface area (Å²) in [5, 5.41) is 1.70. The van der Waals surface area contributed by atoms with Gasteiger partial charge in [0.05, 0.1) is 20.8 Å². The molecule has 1 aliphatic carbocycles. The summed E-state index contributed by atoms with van der Waals surface area (Å²) in [7, 11) is 2.67. The number of hydrogen-bond donors (Lipinski definition) is 0. The van der Waals surface area contributed by atoms with Crippen molar-refractivity contribution in [1.82, 2.24) is 5.06 Å². The smallest absolute Gasteiger partial charge is 0.321 e. The van der Waals surface area contributed by atoms with Crippen LogP contribution in [0.5, 0.6) is 0 Å². The molecule has 1 aromatic carbocycles. The number of ether oxygens (including phenoxy) is 1. The van der Waals surface area contributed by atoms with Crippen molar-refractivity contribution in [1.29, 1.82) is 0 Å². The lowest BCUT2D eigenvalue weighted by Crippen LogP contribution is -2.40. The minimum absolute atomic E-state index is 0.188. The predicted molar refractivity (Wildman–Crippen MR) is 72.7 cm³/mol. The summed E-state index contributed by atoms with van der Waals surface area (Å²) in [4.78, 5) is 29.3.